The van der Waals surface area contributed by atoms with E-state index in [0.717, 1.165) is 18.1 Å². The van der Waals surface area contributed by atoms with Crippen molar-refractivity contribution in [1.29, 1.82) is 0 Å². The van der Waals surface area contributed by atoms with Crippen molar-refractivity contribution in [2.24, 2.45) is 7.05 Å². The van der Waals surface area contributed by atoms with Crippen LogP contribution in [0.4, 0.5) is 5.82 Å². The van der Waals surface area contributed by atoms with Crippen molar-refractivity contribution in [2.45, 2.75) is 64.0 Å². The number of aryl methyl sites for hydroxylation is 2. The molecule has 2 fully saturated rings. The summed E-state index contributed by atoms with van der Waals surface area (Å²) in [6.45, 7) is 2.93. The van der Waals surface area contributed by atoms with Crippen molar-refractivity contribution in [3.63, 3.8) is 0 Å². The summed E-state index contributed by atoms with van der Waals surface area (Å²) in [4.78, 5) is 0. The van der Waals surface area contributed by atoms with Crippen molar-refractivity contribution in [2.75, 3.05) is 5.32 Å². The molecule has 0 saturated heterocycles. The molecule has 1 N–H and O–H groups in total. The summed E-state index contributed by atoms with van der Waals surface area (Å²) < 4.78 is 4.16. The quantitative estimate of drug-likeness (QED) is 0.900. The lowest BCUT2D eigenvalue weighted by molar-refractivity contribution is 0.464. The van der Waals surface area contributed by atoms with E-state index >= 15 is 0 Å². The van der Waals surface area contributed by atoms with Gasteiger partial charge in [0.2, 0.25) is 0 Å². The van der Waals surface area contributed by atoms with Gasteiger partial charge in [-0.05, 0) is 32.6 Å². The zero-order valence-corrected chi connectivity index (χ0v) is 14.8. The van der Waals surface area contributed by atoms with E-state index in [4.69, 9.17) is 5.10 Å². The molecule has 6 heteroatoms. The molecule has 0 unspecified atom stereocenters. The Hall–Kier alpha value is -1.49. The number of hydrogen-bond acceptors (Lipinski definition) is 3. The van der Waals surface area contributed by atoms with Gasteiger partial charge in [0.1, 0.15) is 5.82 Å². The Bertz CT molecular complexity index is 665. The van der Waals surface area contributed by atoms with Gasteiger partial charge in [-0.2, -0.15) is 10.2 Å². The largest absolute Gasteiger partial charge is 0.366 e. The molecular weight excluding hydrogens is 310 g/mol. The first-order valence-electron chi connectivity index (χ1n) is 8.53. The highest BCUT2D eigenvalue weighted by molar-refractivity contribution is 5.85. The fourth-order valence-electron chi connectivity index (χ4n) is 3.47. The average molecular weight is 336 g/mol. The predicted molar refractivity (Wildman–Crippen MR) is 94.2 cm³/mol. The molecule has 2 aliphatic rings. The summed E-state index contributed by atoms with van der Waals surface area (Å²) in [7, 11) is 2.02. The Morgan fingerprint density at radius 1 is 1.17 bits per heavy atom. The second kappa shape index (κ2) is 6.56. The minimum Gasteiger partial charge on any atom is -0.366 e. The van der Waals surface area contributed by atoms with Crippen molar-refractivity contribution >= 4 is 18.2 Å². The Morgan fingerprint density at radius 3 is 2.61 bits per heavy atom. The summed E-state index contributed by atoms with van der Waals surface area (Å²) in [5.41, 5.74) is 3.67. The minimum atomic E-state index is 0. The average Bonchev–Trinajstić information content (AvgIpc) is 2.92. The van der Waals surface area contributed by atoms with E-state index in [2.05, 4.69) is 34.3 Å². The van der Waals surface area contributed by atoms with Crippen molar-refractivity contribution in [3.05, 3.63) is 29.2 Å². The highest BCUT2D eigenvalue weighted by atomic mass is 35.5. The number of nitrogens with zero attached hydrogens (tertiary/aromatic N) is 4. The Labute approximate surface area is 143 Å². The second-order valence-electron chi connectivity index (χ2n) is 6.86. The van der Waals surface area contributed by atoms with Crippen molar-refractivity contribution in [1.82, 2.24) is 19.6 Å². The lowest BCUT2D eigenvalue weighted by Crippen LogP contribution is -2.05. The lowest BCUT2D eigenvalue weighted by atomic mass is 10.2. The lowest BCUT2D eigenvalue weighted by Gasteiger charge is -2.08. The van der Waals surface area contributed by atoms with Crippen LogP contribution in [0.1, 0.15) is 67.4 Å². The maximum absolute atomic E-state index is 4.73. The van der Waals surface area contributed by atoms with E-state index in [-0.39, 0.29) is 12.4 Å². The highest BCUT2D eigenvalue weighted by Gasteiger charge is 2.27. The molecule has 2 heterocycles. The number of nitrogens with one attached hydrogen (secondary N) is 1. The van der Waals surface area contributed by atoms with E-state index in [1.165, 1.54) is 49.8 Å². The molecule has 2 aromatic heterocycles. The Morgan fingerprint density at radius 2 is 1.91 bits per heavy atom. The first-order chi connectivity index (χ1) is 10.7. The van der Waals surface area contributed by atoms with Crippen molar-refractivity contribution < 1.29 is 0 Å². The molecule has 5 nitrogen and oxygen atoms in total. The molecule has 0 radical (unpaired) electrons. The van der Waals surface area contributed by atoms with Crippen LogP contribution in [0.5, 0.6) is 0 Å². The molecule has 126 valence electrons. The van der Waals surface area contributed by atoms with Gasteiger partial charge in [0.05, 0.1) is 17.4 Å². The fraction of sp³-hybridized carbons (Fsp3) is 0.647. The molecular formula is C17H26ClN5. The zero-order valence-electron chi connectivity index (χ0n) is 14.0. The monoisotopic (exact) mass is 335 g/mol. The van der Waals surface area contributed by atoms with Crippen LogP contribution < -0.4 is 5.32 Å². The second-order valence-corrected chi connectivity index (χ2v) is 6.86. The van der Waals surface area contributed by atoms with Gasteiger partial charge in [-0.25, -0.2) is 0 Å². The molecule has 23 heavy (non-hydrogen) atoms. The van der Waals surface area contributed by atoms with Gasteiger partial charge < -0.3 is 5.32 Å². The maximum atomic E-state index is 4.73. The number of rotatable bonds is 5. The van der Waals surface area contributed by atoms with Gasteiger partial charge in [-0.1, -0.05) is 12.8 Å². The third-order valence-corrected chi connectivity index (χ3v) is 5.07. The summed E-state index contributed by atoms with van der Waals surface area (Å²) in [6, 6.07) is 2.82. The minimum absolute atomic E-state index is 0. The molecule has 0 amide bonds. The number of halogens is 1. The van der Waals surface area contributed by atoms with Gasteiger partial charge in [-0.15, -0.1) is 12.4 Å². The molecule has 4 rings (SSSR count). The molecule has 0 aliphatic heterocycles. The SMILES string of the molecule is Cc1nn(C2CCCC2)cc1CNc1cc(C2CC2)nn1C.Cl. The van der Waals surface area contributed by atoms with E-state index in [0.29, 0.717) is 12.0 Å². The van der Waals surface area contributed by atoms with Crippen LogP contribution in [0.2, 0.25) is 0 Å². The number of anilines is 1. The molecule has 0 aromatic carbocycles. The van der Waals surface area contributed by atoms with Crippen LogP contribution in [0.25, 0.3) is 0 Å². The molecule has 0 atom stereocenters. The highest BCUT2D eigenvalue weighted by Crippen LogP contribution is 2.40. The van der Waals surface area contributed by atoms with Crippen LogP contribution in [0.3, 0.4) is 0 Å². The Kier molecular flexibility index (Phi) is 4.67. The van der Waals surface area contributed by atoms with Crippen LogP contribution in [-0.4, -0.2) is 19.6 Å². The standard InChI is InChI=1S/C17H25N5.ClH/c1-12-14(11-22(19-12)15-5-3-4-6-15)10-18-17-9-16(13-7-8-13)20-21(17)2;/h9,11,13,15,18H,3-8,10H2,1-2H3;1H. The van der Waals surface area contributed by atoms with Gasteiger partial charge in [0.15, 0.2) is 0 Å². The van der Waals surface area contributed by atoms with Crippen LogP contribution >= 0.6 is 12.4 Å². The number of aromatic nitrogens is 4. The van der Waals surface area contributed by atoms with E-state index in [1.807, 2.05) is 11.7 Å². The smallest absolute Gasteiger partial charge is 0.124 e. The Balaban J connectivity index is 0.00000156. The first kappa shape index (κ1) is 16.4. The van der Waals surface area contributed by atoms with Crippen molar-refractivity contribution in [3.8, 4) is 0 Å². The third kappa shape index (κ3) is 3.39. The third-order valence-electron chi connectivity index (χ3n) is 5.07. The molecule has 0 spiro atoms. The van der Waals surface area contributed by atoms with Gasteiger partial charge in [-0.3, -0.25) is 9.36 Å². The maximum Gasteiger partial charge on any atom is 0.124 e. The molecule has 0 bridgehead atoms. The first-order valence-corrected chi connectivity index (χ1v) is 8.53. The number of hydrogen-bond donors (Lipinski definition) is 1. The van der Waals surface area contributed by atoms with E-state index < -0.39 is 0 Å². The predicted octanol–water partition coefficient (Wildman–Crippen LogP) is 3.95. The van der Waals surface area contributed by atoms with Crippen LogP contribution in [0, 0.1) is 6.92 Å². The summed E-state index contributed by atoms with van der Waals surface area (Å²) >= 11 is 0. The summed E-state index contributed by atoms with van der Waals surface area (Å²) in [6.07, 6.45) is 10.1. The molecule has 2 aliphatic carbocycles. The fourth-order valence-corrected chi connectivity index (χ4v) is 3.47. The van der Waals surface area contributed by atoms with E-state index in [9.17, 15) is 0 Å². The van der Waals surface area contributed by atoms with Gasteiger partial charge in [0.25, 0.3) is 0 Å². The van der Waals surface area contributed by atoms with E-state index in [1.54, 1.807) is 0 Å². The van der Waals surface area contributed by atoms with Gasteiger partial charge in [0, 0.05) is 37.3 Å². The summed E-state index contributed by atoms with van der Waals surface area (Å²) in [5, 5.41) is 12.9. The summed E-state index contributed by atoms with van der Waals surface area (Å²) in [5.74, 6) is 1.81. The van der Waals surface area contributed by atoms with Gasteiger partial charge >= 0.3 is 0 Å². The zero-order chi connectivity index (χ0) is 15.1. The normalized spacial score (nSPS) is 18.2. The molecule has 2 aromatic rings. The van der Waals surface area contributed by atoms with Crippen LogP contribution in [0.15, 0.2) is 12.3 Å². The topological polar surface area (TPSA) is 47.7 Å². The molecule has 2 saturated carbocycles. The van der Waals surface area contributed by atoms with Crippen LogP contribution in [-0.2, 0) is 13.6 Å².